The summed E-state index contributed by atoms with van der Waals surface area (Å²) >= 11 is 3.39. The van der Waals surface area contributed by atoms with E-state index < -0.39 is 0 Å². The molecule has 2 aromatic carbocycles. The number of halogens is 1. The third-order valence-corrected chi connectivity index (χ3v) is 3.66. The lowest BCUT2D eigenvalue weighted by molar-refractivity contribution is -0.115. The number of amides is 1. The van der Waals surface area contributed by atoms with Crippen LogP contribution in [0.25, 0.3) is 0 Å². The molecule has 110 valence electrons. The first-order valence-electron chi connectivity index (χ1n) is 6.63. The van der Waals surface area contributed by atoms with Gasteiger partial charge in [-0.3, -0.25) is 4.79 Å². The van der Waals surface area contributed by atoms with Crippen LogP contribution in [-0.4, -0.2) is 17.6 Å². The fraction of sp³-hybridized carbons (Fsp3) is 0.188. The third kappa shape index (κ3) is 4.97. The largest absolute Gasteiger partial charge is 0.392 e. The number of nitrogens with one attached hydrogen (secondary N) is 2. The highest BCUT2D eigenvalue weighted by Gasteiger charge is 2.04. The minimum Gasteiger partial charge on any atom is -0.392 e. The van der Waals surface area contributed by atoms with E-state index >= 15 is 0 Å². The lowest BCUT2D eigenvalue weighted by atomic mass is 10.1. The van der Waals surface area contributed by atoms with Gasteiger partial charge in [-0.15, -0.1) is 0 Å². The molecule has 0 aliphatic heterocycles. The van der Waals surface area contributed by atoms with Gasteiger partial charge in [0.1, 0.15) is 0 Å². The summed E-state index contributed by atoms with van der Waals surface area (Å²) in [5, 5.41) is 14.9. The molecule has 3 N–H and O–H groups in total. The predicted octanol–water partition coefficient (Wildman–Crippen LogP) is 2.67. The molecule has 1 amide bonds. The molecule has 5 heteroatoms. The van der Waals surface area contributed by atoms with Crippen molar-refractivity contribution in [2.75, 3.05) is 11.9 Å². The van der Waals surface area contributed by atoms with Crippen LogP contribution in [0.4, 0.5) is 5.69 Å². The van der Waals surface area contributed by atoms with E-state index in [9.17, 15) is 4.79 Å². The van der Waals surface area contributed by atoms with E-state index in [0.717, 1.165) is 21.3 Å². The summed E-state index contributed by atoms with van der Waals surface area (Å²) in [5.41, 5.74) is 2.71. The Morgan fingerprint density at radius 2 is 1.71 bits per heavy atom. The van der Waals surface area contributed by atoms with Gasteiger partial charge in [-0.05, 0) is 39.2 Å². The van der Waals surface area contributed by atoms with Crippen LogP contribution in [0.3, 0.4) is 0 Å². The van der Waals surface area contributed by atoms with Crippen molar-refractivity contribution in [3.8, 4) is 0 Å². The molecule has 0 unspecified atom stereocenters. The first-order valence-corrected chi connectivity index (χ1v) is 7.42. The molecule has 4 nitrogen and oxygen atoms in total. The maximum atomic E-state index is 11.8. The molecular weight excluding hydrogens is 332 g/mol. The molecule has 0 aliphatic rings. The Morgan fingerprint density at radius 1 is 1.05 bits per heavy atom. The van der Waals surface area contributed by atoms with E-state index in [0.29, 0.717) is 6.54 Å². The standard InChI is InChI=1S/C16H17BrN2O2/c17-14-3-1-2-4-15(14)19-16(21)10-18-9-12-5-7-13(11-20)8-6-12/h1-8,18,20H,9-11H2,(H,19,21). The summed E-state index contributed by atoms with van der Waals surface area (Å²) in [7, 11) is 0. The van der Waals surface area contributed by atoms with E-state index in [1.807, 2.05) is 48.5 Å². The van der Waals surface area contributed by atoms with Crippen molar-refractivity contribution in [1.82, 2.24) is 5.32 Å². The Hall–Kier alpha value is -1.69. The number of benzene rings is 2. The van der Waals surface area contributed by atoms with E-state index in [2.05, 4.69) is 26.6 Å². The van der Waals surface area contributed by atoms with Crippen molar-refractivity contribution in [3.63, 3.8) is 0 Å². The van der Waals surface area contributed by atoms with Gasteiger partial charge in [0.15, 0.2) is 0 Å². The van der Waals surface area contributed by atoms with Crippen LogP contribution in [-0.2, 0) is 17.9 Å². The third-order valence-electron chi connectivity index (χ3n) is 2.97. The predicted molar refractivity (Wildman–Crippen MR) is 86.8 cm³/mol. The van der Waals surface area contributed by atoms with Crippen LogP contribution in [0.5, 0.6) is 0 Å². The zero-order valence-corrected chi connectivity index (χ0v) is 13.1. The number of hydrogen-bond donors (Lipinski definition) is 3. The molecule has 0 atom stereocenters. The molecular formula is C16H17BrN2O2. The molecule has 0 radical (unpaired) electrons. The Labute approximate surface area is 132 Å². The molecule has 0 aromatic heterocycles. The lowest BCUT2D eigenvalue weighted by Crippen LogP contribution is -2.27. The van der Waals surface area contributed by atoms with Crippen LogP contribution in [0.15, 0.2) is 53.0 Å². The molecule has 0 saturated heterocycles. The second-order valence-electron chi connectivity index (χ2n) is 4.61. The first-order chi connectivity index (χ1) is 10.2. The number of para-hydroxylation sites is 1. The zero-order valence-electron chi connectivity index (χ0n) is 11.5. The van der Waals surface area contributed by atoms with Crippen molar-refractivity contribution < 1.29 is 9.90 Å². The summed E-state index contributed by atoms with van der Waals surface area (Å²) in [6.45, 7) is 0.889. The van der Waals surface area contributed by atoms with Crippen LogP contribution in [0.2, 0.25) is 0 Å². The number of rotatable bonds is 6. The van der Waals surface area contributed by atoms with Gasteiger partial charge in [0, 0.05) is 11.0 Å². The van der Waals surface area contributed by atoms with Crippen molar-refractivity contribution in [2.24, 2.45) is 0 Å². The maximum Gasteiger partial charge on any atom is 0.238 e. The number of hydrogen-bond acceptors (Lipinski definition) is 3. The molecule has 0 fully saturated rings. The van der Waals surface area contributed by atoms with Gasteiger partial charge in [-0.2, -0.15) is 0 Å². The Morgan fingerprint density at radius 3 is 2.38 bits per heavy atom. The Kier molecular flexibility index (Phi) is 5.92. The highest BCUT2D eigenvalue weighted by molar-refractivity contribution is 9.10. The summed E-state index contributed by atoms with van der Waals surface area (Å²) in [6, 6.07) is 15.1. The van der Waals surface area contributed by atoms with Crippen LogP contribution in [0.1, 0.15) is 11.1 Å². The molecule has 2 rings (SSSR count). The normalized spacial score (nSPS) is 10.4. The number of aliphatic hydroxyl groups excluding tert-OH is 1. The van der Waals surface area contributed by atoms with Crippen LogP contribution in [0, 0.1) is 0 Å². The van der Waals surface area contributed by atoms with Crippen molar-refractivity contribution >= 4 is 27.5 Å². The number of carbonyl (C=O) groups is 1. The summed E-state index contributed by atoms with van der Waals surface area (Å²) in [5.74, 6) is -0.0890. The van der Waals surface area contributed by atoms with E-state index in [1.54, 1.807) is 0 Å². The highest BCUT2D eigenvalue weighted by Crippen LogP contribution is 2.20. The number of aliphatic hydroxyl groups is 1. The molecule has 0 heterocycles. The van der Waals surface area contributed by atoms with Gasteiger partial charge in [-0.1, -0.05) is 36.4 Å². The fourth-order valence-corrected chi connectivity index (χ4v) is 2.22. The molecule has 0 spiro atoms. The average Bonchev–Trinajstić information content (AvgIpc) is 2.50. The van der Waals surface area contributed by atoms with E-state index in [-0.39, 0.29) is 19.1 Å². The summed E-state index contributed by atoms with van der Waals surface area (Å²) in [4.78, 5) is 11.8. The van der Waals surface area contributed by atoms with Gasteiger partial charge in [0.25, 0.3) is 0 Å². The van der Waals surface area contributed by atoms with Crippen LogP contribution >= 0.6 is 15.9 Å². The SMILES string of the molecule is O=C(CNCc1ccc(CO)cc1)Nc1ccccc1Br. The van der Waals surface area contributed by atoms with Gasteiger partial charge >= 0.3 is 0 Å². The smallest absolute Gasteiger partial charge is 0.238 e. The molecule has 21 heavy (non-hydrogen) atoms. The molecule has 2 aromatic rings. The first kappa shape index (κ1) is 15.7. The molecule has 0 bridgehead atoms. The van der Waals surface area contributed by atoms with Gasteiger partial charge in [0.05, 0.1) is 18.8 Å². The van der Waals surface area contributed by atoms with Crippen molar-refractivity contribution in [2.45, 2.75) is 13.2 Å². The highest BCUT2D eigenvalue weighted by atomic mass is 79.9. The topological polar surface area (TPSA) is 61.4 Å². The second kappa shape index (κ2) is 7.93. The second-order valence-corrected chi connectivity index (χ2v) is 5.46. The number of anilines is 1. The molecule has 0 saturated carbocycles. The van der Waals surface area contributed by atoms with Crippen molar-refractivity contribution in [1.29, 1.82) is 0 Å². The monoisotopic (exact) mass is 348 g/mol. The minimum atomic E-state index is -0.0890. The fourth-order valence-electron chi connectivity index (χ4n) is 1.84. The Bertz CT molecular complexity index is 599. The van der Waals surface area contributed by atoms with Crippen LogP contribution < -0.4 is 10.6 Å². The van der Waals surface area contributed by atoms with Gasteiger partial charge in [-0.25, -0.2) is 0 Å². The van der Waals surface area contributed by atoms with E-state index in [4.69, 9.17) is 5.11 Å². The quantitative estimate of drug-likeness (QED) is 0.752. The Balaban J connectivity index is 1.77. The molecule has 0 aliphatic carbocycles. The van der Waals surface area contributed by atoms with Gasteiger partial charge in [0.2, 0.25) is 5.91 Å². The summed E-state index contributed by atoms with van der Waals surface area (Å²) in [6.07, 6.45) is 0. The summed E-state index contributed by atoms with van der Waals surface area (Å²) < 4.78 is 0.859. The van der Waals surface area contributed by atoms with Crippen molar-refractivity contribution in [3.05, 3.63) is 64.1 Å². The zero-order chi connectivity index (χ0) is 15.1. The minimum absolute atomic E-state index is 0.0437. The van der Waals surface area contributed by atoms with Gasteiger partial charge < -0.3 is 15.7 Å². The maximum absolute atomic E-state index is 11.8. The lowest BCUT2D eigenvalue weighted by Gasteiger charge is -2.08. The average molecular weight is 349 g/mol. The number of carbonyl (C=O) groups excluding carboxylic acids is 1. The van der Waals surface area contributed by atoms with E-state index in [1.165, 1.54) is 0 Å².